The maximum Gasteiger partial charge on any atom is 0.290 e. The molecule has 0 aliphatic heterocycles. The van der Waals surface area contributed by atoms with Crippen LogP contribution < -0.4 is 10.6 Å². The number of hydrogen-bond acceptors (Lipinski definition) is 2. The predicted molar refractivity (Wildman–Crippen MR) is 83.7 cm³/mol. The van der Waals surface area contributed by atoms with E-state index in [1.54, 1.807) is 41.3 Å². The van der Waals surface area contributed by atoms with E-state index in [4.69, 9.17) is 5.73 Å². The second kappa shape index (κ2) is 6.57. The molecule has 2 aromatic rings. The van der Waals surface area contributed by atoms with Crippen molar-refractivity contribution in [1.29, 1.82) is 0 Å². The van der Waals surface area contributed by atoms with Crippen LogP contribution in [0.4, 0.5) is 20.2 Å². The summed E-state index contributed by atoms with van der Waals surface area (Å²) in [5.41, 5.74) is 7.14. The lowest BCUT2D eigenvalue weighted by atomic mass is 10.1. The van der Waals surface area contributed by atoms with Gasteiger partial charge in [0.15, 0.2) is 0 Å². The van der Waals surface area contributed by atoms with Crippen molar-refractivity contribution >= 4 is 11.4 Å². The average Bonchev–Trinajstić information content (AvgIpc) is 2.48. The van der Waals surface area contributed by atoms with E-state index in [1.807, 2.05) is 13.0 Å². The van der Waals surface area contributed by atoms with Crippen molar-refractivity contribution in [3.8, 4) is 0 Å². The molecule has 0 saturated carbocycles. The number of benzene rings is 2. The van der Waals surface area contributed by atoms with Gasteiger partial charge in [0.05, 0.1) is 17.9 Å². The van der Waals surface area contributed by atoms with E-state index >= 15 is 0 Å². The normalized spacial score (nSPS) is 11.4. The minimum absolute atomic E-state index is 0.0283. The van der Waals surface area contributed by atoms with E-state index in [-0.39, 0.29) is 12.1 Å². The van der Waals surface area contributed by atoms with Crippen LogP contribution in [-0.2, 0) is 5.92 Å². The van der Waals surface area contributed by atoms with Gasteiger partial charge < -0.3 is 10.6 Å². The fourth-order valence-corrected chi connectivity index (χ4v) is 2.34. The van der Waals surface area contributed by atoms with Gasteiger partial charge in [-0.15, -0.1) is 0 Å². The number of nitrogen functional groups attached to an aromatic ring is 1. The standard InChI is InChI=1S/C17H20F2N2/c1-2-12-21(16-11-7-6-10-15(16)20)13-17(18,19)14-8-4-3-5-9-14/h3-11H,2,12-13,20H2,1H3. The highest BCUT2D eigenvalue weighted by Gasteiger charge is 2.34. The molecular weight excluding hydrogens is 270 g/mol. The largest absolute Gasteiger partial charge is 0.397 e. The van der Waals surface area contributed by atoms with E-state index in [0.717, 1.165) is 6.42 Å². The molecule has 0 unspecified atom stereocenters. The van der Waals surface area contributed by atoms with E-state index in [1.165, 1.54) is 12.1 Å². The van der Waals surface area contributed by atoms with Gasteiger partial charge in [0.1, 0.15) is 0 Å². The van der Waals surface area contributed by atoms with Crippen LogP contribution in [-0.4, -0.2) is 13.1 Å². The number of nitrogens with zero attached hydrogens (tertiary/aromatic N) is 1. The molecule has 2 nitrogen and oxygen atoms in total. The van der Waals surface area contributed by atoms with Crippen LogP contribution in [0.2, 0.25) is 0 Å². The molecule has 0 aromatic heterocycles. The Hall–Kier alpha value is -2.10. The first-order valence-corrected chi connectivity index (χ1v) is 7.07. The fraction of sp³-hybridized carbons (Fsp3) is 0.294. The Bertz CT molecular complexity index is 570. The van der Waals surface area contributed by atoms with Crippen LogP contribution in [0.25, 0.3) is 0 Å². The van der Waals surface area contributed by atoms with Crippen molar-refractivity contribution in [2.24, 2.45) is 0 Å². The van der Waals surface area contributed by atoms with Gasteiger partial charge in [-0.05, 0) is 18.6 Å². The van der Waals surface area contributed by atoms with E-state index < -0.39 is 5.92 Å². The Morgan fingerprint density at radius 2 is 1.62 bits per heavy atom. The molecule has 21 heavy (non-hydrogen) atoms. The van der Waals surface area contributed by atoms with E-state index in [0.29, 0.717) is 17.9 Å². The number of halogens is 2. The molecule has 4 heteroatoms. The van der Waals surface area contributed by atoms with Gasteiger partial charge >= 0.3 is 0 Å². The Morgan fingerprint density at radius 3 is 2.24 bits per heavy atom. The molecule has 112 valence electrons. The second-order valence-corrected chi connectivity index (χ2v) is 5.05. The smallest absolute Gasteiger partial charge is 0.290 e. The molecule has 0 spiro atoms. The zero-order chi connectivity index (χ0) is 15.3. The minimum Gasteiger partial charge on any atom is -0.397 e. The van der Waals surface area contributed by atoms with Gasteiger partial charge in [0.2, 0.25) is 0 Å². The van der Waals surface area contributed by atoms with Crippen LogP contribution in [0, 0.1) is 0 Å². The van der Waals surface area contributed by atoms with Crippen molar-refractivity contribution < 1.29 is 8.78 Å². The summed E-state index contributed by atoms with van der Waals surface area (Å²) in [5, 5.41) is 0. The van der Waals surface area contributed by atoms with Gasteiger partial charge in [0, 0.05) is 12.1 Å². The summed E-state index contributed by atoms with van der Waals surface area (Å²) in [4.78, 5) is 1.66. The summed E-state index contributed by atoms with van der Waals surface area (Å²) in [6, 6.07) is 15.0. The molecule has 0 bridgehead atoms. The fourth-order valence-electron chi connectivity index (χ4n) is 2.34. The summed E-state index contributed by atoms with van der Waals surface area (Å²) >= 11 is 0. The van der Waals surface area contributed by atoms with Crippen molar-refractivity contribution in [1.82, 2.24) is 0 Å². The summed E-state index contributed by atoms with van der Waals surface area (Å²) < 4.78 is 28.9. The molecule has 2 rings (SSSR count). The Morgan fingerprint density at radius 1 is 1.00 bits per heavy atom. The average molecular weight is 290 g/mol. The number of rotatable bonds is 6. The highest BCUT2D eigenvalue weighted by molar-refractivity contribution is 5.67. The Kier molecular flexibility index (Phi) is 4.78. The predicted octanol–water partition coefficient (Wildman–Crippen LogP) is 4.28. The Balaban J connectivity index is 2.26. The lowest BCUT2D eigenvalue weighted by molar-refractivity contribution is 0.00395. The SMILES string of the molecule is CCCN(CC(F)(F)c1ccccc1)c1ccccc1N. The zero-order valence-electron chi connectivity index (χ0n) is 12.1. The van der Waals surface area contributed by atoms with Crippen LogP contribution in [0.1, 0.15) is 18.9 Å². The van der Waals surface area contributed by atoms with Crippen molar-refractivity contribution in [2.75, 3.05) is 23.7 Å². The molecule has 2 aromatic carbocycles. The first-order chi connectivity index (χ1) is 10.0. The van der Waals surface area contributed by atoms with Gasteiger partial charge in [-0.1, -0.05) is 49.4 Å². The molecule has 0 aliphatic carbocycles. The van der Waals surface area contributed by atoms with Gasteiger partial charge in [-0.25, -0.2) is 0 Å². The topological polar surface area (TPSA) is 29.3 Å². The maximum absolute atomic E-state index is 14.5. The summed E-state index contributed by atoms with van der Waals surface area (Å²) in [6.45, 7) is 2.13. The third-order valence-electron chi connectivity index (χ3n) is 3.36. The van der Waals surface area contributed by atoms with Crippen molar-refractivity contribution in [2.45, 2.75) is 19.3 Å². The highest BCUT2D eigenvalue weighted by atomic mass is 19.3. The molecule has 0 aliphatic rings. The van der Waals surface area contributed by atoms with Crippen LogP contribution in [0.15, 0.2) is 54.6 Å². The minimum atomic E-state index is -2.92. The molecule has 0 saturated heterocycles. The lowest BCUT2D eigenvalue weighted by Gasteiger charge is -2.30. The van der Waals surface area contributed by atoms with Gasteiger partial charge in [-0.2, -0.15) is 8.78 Å². The number of nitrogens with two attached hydrogens (primary N) is 1. The highest BCUT2D eigenvalue weighted by Crippen LogP contribution is 2.32. The molecule has 0 radical (unpaired) electrons. The van der Waals surface area contributed by atoms with Gasteiger partial charge in [-0.3, -0.25) is 0 Å². The molecule has 0 heterocycles. The quantitative estimate of drug-likeness (QED) is 0.805. The van der Waals surface area contributed by atoms with Crippen LogP contribution in [0.3, 0.4) is 0 Å². The Labute approximate surface area is 124 Å². The third kappa shape index (κ3) is 3.72. The zero-order valence-corrected chi connectivity index (χ0v) is 12.1. The van der Waals surface area contributed by atoms with Crippen molar-refractivity contribution in [3.63, 3.8) is 0 Å². The summed E-state index contributed by atoms with van der Waals surface area (Å²) in [6.07, 6.45) is 0.777. The summed E-state index contributed by atoms with van der Waals surface area (Å²) in [7, 11) is 0. The van der Waals surface area contributed by atoms with Crippen LogP contribution >= 0.6 is 0 Å². The molecule has 0 atom stereocenters. The number of alkyl halides is 2. The van der Waals surface area contributed by atoms with E-state index in [9.17, 15) is 8.78 Å². The second-order valence-electron chi connectivity index (χ2n) is 5.05. The number of para-hydroxylation sites is 2. The number of hydrogen-bond donors (Lipinski definition) is 1. The first-order valence-electron chi connectivity index (χ1n) is 7.07. The van der Waals surface area contributed by atoms with Crippen LogP contribution in [0.5, 0.6) is 0 Å². The van der Waals surface area contributed by atoms with Crippen molar-refractivity contribution in [3.05, 3.63) is 60.2 Å². The summed E-state index contributed by atoms with van der Waals surface area (Å²) in [5.74, 6) is -2.92. The molecule has 2 N–H and O–H groups in total. The molecular formula is C17H20F2N2. The first kappa shape index (κ1) is 15.3. The maximum atomic E-state index is 14.5. The third-order valence-corrected chi connectivity index (χ3v) is 3.36. The molecule has 0 amide bonds. The van der Waals surface area contributed by atoms with E-state index in [2.05, 4.69) is 0 Å². The van der Waals surface area contributed by atoms with Gasteiger partial charge in [0.25, 0.3) is 5.92 Å². The lowest BCUT2D eigenvalue weighted by Crippen LogP contribution is -2.36. The number of anilines is 2. The molecule has 0 fully saturated rings. The monoisotopic (exact) mass is 290 g/mol.